The number of nitrogens with zero attached hydrogens (tertiary/aromatic N) is 4. The van der Waals surface area contributed by atoms with Crippen LogP contribution in [0, 0.1) is 12.8 Å². The van der Waals surface area contributed by atoms with Crippen molar-refractivity contribution in [1.82, 2.24) is 20.1 Å². The third kappa shape index (κ3) is 6.84. The van der Waals surface area contributed by atoms with E-state index in [4.69, 9.17) is 0 Å². The van der Waals surface area contributed by atoms with Gasteiger partial charge in [0.05, 0.1) is 17.2 Å². The molecule has 0 aliphatic carbocycles. The Balaban J connectivity index is 0.00000288. The lowest BCUT2D eigenvalue weighted by atomic mass is 9.97. The third-order valence-corrected chi connectivity index (χ3v) is 5.26. The lowest BCUT2D eigenvalue weighted by Gasteiger charge is -2.32. The molecule has 2 rings (SSSR count). The van der Waals surface area contributed by atoms with E-state index in [0.29, 0.717) is 0 Å². The number of guanidine groups is 1. The quantitative estimate of drug-likeness (QED) is 0.398. The minimum Gasteiger partial charge on any atom is -0.356 e. The minimum atomic E-state index is 0. The Bertz CT molecular complexity index is 497. The number of rotatable bonds is 6. The van der Waals surface area contributed by atoms with Crippen molar-refractivity contribution in [2.75, 3.05) is 40.3 Å². The highest BCUT2D eigenvalue weighted by atomic mass is 127. The van der Waals surface area contributed by atoms with Gasteiger partial charge in [0.15, 0.2) is 5.96 Å². The molecule has 0 aromatic carbocycles. The molecular formula is C17H32IN5S. The lowest BCUT2D eigenvalue weighted by Crippen LogP contribution is -2.43. The van der Waals surface area contributed by atoms with Crippen LogP contribution in [0.4, 0.5) is 0 Å². The van der Waals surface area contributed by atoms with Crippen molar-refractivity contribution in [3.63, 3.8) is 0 Å². The first-order valence-electron chi connectivity index (χ1n) is 8.67. The first-order valence-corrected chi connectivity index (χ1v) is 9.55. The summed E-state index contributed by atoms with van der Waals surface area (Å²) >= 11 is 1.70. The fourth-order valence-electron chi connectivity index (χ4n) is 3.15. The molecule has 0 radical (unpaired) electrons. The zero-order valence-electron chi connectivity index (χ0n) is 15.4. The van der Waals surface area contributed by atoms with Crippen LogP contribution in [0.15, 0.2) is 10.4 Å². The van der Waals surface area contributed by atoms with E-state index < -0.39 is 0 Å². The fraction of sp³-hybridized carbons (Fsp3) is 0.765. The summed E-state index contributed by atoms with van der Waals surface area (Å²) in [5.74, 6) is 1.72. The SMILES string of the molecule is CCCN1CCC(CNC(=NC)N(C)Cc2csc(C)n2)CC1.I. The molecule has 0 amide bonds. The predicted octanol–water partition coefficient (Wildman–Crippen LogP) is 3.20. The Hall–Kier alpha value is -0.410. The Morgan fingerprint density at radius 2 is 2.17 bits per heavy atom. The number of likely N-dealkylation sites (tertiary alicyclic amines) is 1. The summed E-state index contributed by atoms with van der Waals surface area (Å²) in [6, 6.07) is 0. The molecule has 0 saturated carbocycles. The van der Waals surface area contributed by atoms with Crippen LogP contribution in [-0.4, -0.2) is 61.0 Å². The Morgan fingerprint density at radius 3 is 2.71 bits per heavy atom. The second-order valence-electron chi connectivity index (χ2n) is 6.43. The molecule has 2 heterocycles. The highest BCUT2D eigenvalue weighted by Crippen LogP contribution is 2.16. The molecule has 1 aromatic heterocycles. The number of piperidine rings is 1. The molecule has 1 aromatic rings. The van der Waals surface area contributed by atoms with E-state index in [1.54, 1.807) is 11.3 Å². The Labute approximate surface area is 168 Å². The predicted molar refractivity (Wildman–Crippen MR) is 115 cm³/mol. The molecule has 0 atom stereocenters. The number of nitrogens with one attached hydrogen (secondary N) is 1. The average molecular weight is 465 g/mol. The van der Waals surface area contributed by atoms with Crippen molar-refractivity contribution in [3.05, 3.63) is 16.1 Å². The van der Waals surface area contributed by atoms with E-state index in [2.05, 4.69) is 44.4 Å². The summed E-state index contributed by atoms with van der Waals surface area (Å²) in [4.78, 5) is 13.7. The van der Waals surface area contributed by atoms with E-state index >= 15 is 0 Å². The third-order valence-electron chi connectivity index (χ3n) is 4.43. The van der Waals surface area contributed by atoms with Crippen molar-refractivity contribution in [2.45, 2.75) is 39.7 Å². The van der Waals surface area contributed by atoms with Gasteiger partial charge in [-0.05, 0) is 51.7 Å². The van der Waals surface area contributed by atoms with Crippen LogP contribution in [0.25, 0.3) is 0 Å². The topological polar surface area (TPSA) is 43.8 Å². The van der Waals surface area contributed by atoms with Gasteiger partial charge in [0.1, 0.15) is 0 Å². The number of aliphatic imine (C=N–C) groups is 1. The summed E-state index contributed by atoms with van der Waals surface area (Å²) in [6.45, 7) is 9.87. The standard InChI is InChI=1S/C17H31N5S.HI/c1-5-8-22-9-6-15(7-10-22)11-19-17(18-3)21(4)12-16-13-23-14(2)20-16;/h13,15H,5-12H2,1-4H3,(H,18,19);1H. The highest BCUT2D eigenvalue weighted by Gasteiger charge is 2.19. The number of aromatic nitrogens is 1. The van der Waals surface area contributed by atoms with Crippen LogP contribution in [0.5, 0.6) is 0 Å². The molecular weight excluding hydrogens is 433 g/mol. The van der Waals surface area contributed by atoms with Crippen LogP contribution in [0.2, 0.25) is 0 Å². The van der Waals surface area contributed by atoms with E-state index in [0.717, 1.165) is 35.7 Å². The molecule has 0 bridgehead atoms. The number of aryl methyl sites for hydroxylation is 1. The lowest BCUT2D eigenvalue weighted by molar-refractivity contribution is 0.185. The molecule has 1 aliphatic rings. The van der Waals surface area contributed by atoms with Crippen molar-refractivity contribution < 1.29 is 0 Å². The van der Waals surface area contributed by atoms with Gasteiger partial charge < -0.3 is 15.1 Å². The van der Waals surface area contributed by atoms with Crippen LogP contribution in [-0.2, 0) is 6.54 Å². The second-order valence-corrected chi connectivity index (χ2v) is 7.49. The van der Waals surface area contributed by atoms with Gasteiger partial charge >= 0.3 is 0 Å². The molecule has 0 spiro atoms. The Morgan fingerprint density at radius 1 is 1.46 bits per heavy atom. The zero-order chi connectivity index (χ0) is 16.7. The maximum atomic E-state index is 4.53. The molecule has 1 N–H and O–H groups in total. The largest absolute Gasteiger partial charge is 0.356 e. The maximum Gasteiger partial charge on any atom is 0.193 e. The molecule has 24 heavy (non-hydrogen) atoms. The second kappa shape index (κ2) is 11.3. The smallest absolute Gasteiger partial charge is 0.193 e. The van der Waals surface area contributed by atoms with Gasteiger partial charge in [-0.3, -0.25) is 4.99 Å². The monoisotopic (exact) mass is 465 g/mol. The summed E-state index contributed by atoms with van der Waals surface area (Å²) in [5.41, 5.74) is 1.12. The van der Waals surface area contributed by atoms with E-state index in [9.17, 15) is 0 Å². The molecule has 1 saturated heterocycles. The summed E-state index contributed by atoms with van der Waals surface area (Å²) in [5, 5.41) is 6.79. The Kier molecular flexibility index (Phi) is 10.1. The summed E-state index contributed by atoms with van der Waals surface area (Å²) in [6.07, 6.45) is 3.84. The maximum absolute atomic E-state index is 4.53. The molecule has 5 nitrogen and oxygen atoms in total. The fourth-order valence-corrected chi connectivity index (χ4v) is 3.75. The number of hydrogen-bond acceptors (Lipinski definition) is 4. The number of halogens is 1. The van der Waals surface area contributed by atoms with Gasteiger partial charge in [-0.25, -0.2) is 4.98 Å². The van der Waals surface area contributed by atoms with Crippen LogP contribution >= 0.6 is 35.3 Å². The summed E-state index contributed by atoms with van der Waals surface area (Å²) in [7, 11) is 3.93. The van der Waals surface area contributed by atoms with Gasteiger partial charge in [-0.1, -0.05) is 6.92 Å². The van der Waals surface area contributed by atoms with Crippen molar-refractivity contribution >= 4 is 41.3 Å². The molecule has 1 aliphatic heterocycles. The van der Waals surface area contributed by atoms with E-state index in [-0.39, 0.29) is 24.0 Å². The van der Waals surface area contributed by atoms with E-state index in [1.165, 1.54) is 38.9 Å². The number of hydrogen-bond donors (Lipinski definition) is 1. The van der Waals surface area contributed by atoms with Crippen molar-refractivity contribution in [1.29, 1.82) is 0 Å². The van der Waals surface area contributed by atoms with Gasteiger partial charge in [-0.2, -0.15) is 0 Å². The minimum absolute atomic E-state index is 0. The van der Waals surface area contributed by atoms with Crippen LogP contribution in [0.1, 0.15) is 36.9 Å². The first-order chi connectivity index (χ1) is 11.1. The zero-order valence-corrected chi connectivity index (χ0v) is 18.6. The normalized spacial score (nSPS) is 16.8. The average Bonchev–Trinajstić information content (AvgIpc) is 2.95. The van der Waals surface area contributed by atoms with Crippen LogP contribution < -0.4 is 5.32 Å². The molecule has 138 valence electrons. The van der Waals surface area contributed by atoms with Gasteiger partial charge in [0.2, 0.25) is 0 Å². The first kappa shape index (κ1) is 21.6. The van der Waals surface area contributed by atoms with Gasteiger partial charge in [0, 0.05) is 26.0 Å². The van der Waals surface area contributed by atoms with Gasteiger partial charge in [0.25, 0.3) is 0 Å². The van der Waals surface area contributed by atoms with E-state index in [1.807, 2.05) is 14.0 Å². The van der Waals surface area contributed by atoms with Crippen LogP contribution in [0.3, 0.4) is 0 Å². The molecule has 1 fully saturated rings. The molecule has 0 unspecified atom stereocenters. The number of thiazole rings is 1. The molecule has 7 heteroatoms. The van der Waals surface area contributed by atoms with Gasteiger partial charge in [-0.15, -0.1) is 35.3 Å². The van der Waals surface area contributed by atoms with Crippen molar-refractivity contribution in [3.8, 4) is 0 Å². The highest BCUT2D eigenvalue weighted by molar-refractivity contribution is 14.0. The van der Waals surface area contributed by atoms with Crippen molar-refractivity contribution in [2.24, 2.45) is 10.9 Å². The summed E-state index contributed by atoms with van der Waals surface area (Å²) < 4.78 is 0.